The summed E-state index contributed by atoms with van der Waals surface area (Å²) in [6, 6.07) is 1.64. The molecule has 3 N–H and O–H groups in total. The van der Waals surface area contributed by atoms with Gasteiger partial charge in [0.1, 0.15) is 5.69 Å². The number of aromatic nitrogens is 1. The SMILES string of the molecule is Nc1cc[nH]c1C=O. The predicted molar refractivity (Wildman–Crippen MR) is 30.6 cm³/mol. The van der Waals surface area contributed by atoms with Gasteiger partial charge < -0.3 is 10.7 Å². The highest BCUT2D eigenvalue weighted by atomic mass is 16.1. The molecule has 3 heteroatoms. The molecule has 1 rings (SSSR count). The molecule has 8 heavy (non-hydrogen) atoms. The number of hydrogen-bond donors (Lipinski definition) is 2. The van der Waals surface area contributed by atoms with Crippen molar-refractivity contribution in [3.05, 3.63) is 18.0 Å². The average Bonchev–Trinajstić information content (AvgIpc) is 2.14. The van der Waals surface area contributed by atoms with E-state index in [-0.39, 0.29) is 0 Å². The lowest BCUT2D eigenvalue weighted by Crippen LogP contribution is -1.87. The molecule has 0 radical (unpaired) electrons. The van der Waals surface area contributed by atoms with Gasteiger partial charge in [-0.05, 0) is 6.07 Å². The summed E-state index contributed by atoms with van der Waals surface area (Å²) in [5.74, 6) is 0. The van der Waals surface area contributed by atoms with Crippen molar-refractivity contribution in [2.75, 3.05) is 5.73 Å². The predicted octanol–water partition coefficient (Wildman–Crippen LogP) is 0.409. The zero-order chi connectivity index (χ0) is 5.98. The number of nitrogens with two attached hydrogens (primary N) is 1. The number of carbonyl (C=O) groups excluding carboxylic acids is 1. The lowest BCUT2D eigenvalue weighted by Gasteiger charge is -1.81. The maximum atomic E-state index is 9.98. The number of nitrogen functional groups attached to an aromatic ring is 1. The quantitative estimate of drug-likeness (QED) is 0.514. The first-order valence-corrected chi connectivity index (χ1v) is 2.22. The van der Waals surface area contributed by atoms with E-state index in [0.717, 1.165) is 0 Å². The summed E-state index contributed by atoms with van der Waals surface area (Å²) in [4.78, 5) is 12.6. The third-order valence-electron chi connectivity index (χ3n) is 0.931. The summed E-state index contributed by atoms with van der Waals surface area (Å²) in [6.45, 7) is 0. The minimum Gasteiger partial charge on any atom is -0.397 e. The highest BCUT2D eigenvalue weighted by Crippen LogP contribution is 2.03. The Morgan fingerprint density at radius 3 is 2.75 bits per heavy atom. The number of aldehydes is 1. The second-order valence-corrected chi connectivity index (χ2v) is 1.46. The summed E-state index contributed by atoms with van der Waals surface area (Å²) >= 11 is 0. The Morgan fingerprint density at radius 2 is 2.50 bits per heavy atom. The van der Waals surface area contributed by atoms with Crippen molar-refractivity contribution in [2.24, 2.45) is 0 Å². The Morgan fingerprint density at radius 1 is 1.75 bits per heavy atom. The summed E-state index contributed by atoms with van der Waals surface area (Å²) in [5.41, 5.74) is 6.24. The molecule has 1 heterocycles. The van der Waals surface area contributed by atoms with Crippen LogP contribution in [0.2, 0.25) is 0 Å². The molecule has 0 saturated heterocycles. The van der Waals surface area contributed by atoms with Crippen molar-refractivity contribution in [1.82, 2.24) is 4.98 Å². The van der Waals surface area contributed by atoms with Crippen molar-refractivity contribution in [2.45, 2.75) is 0 Å². The third-order valence-corrected chi connectivity index (χ3v) is 0.931. The van der Waals surface area contributed by atoms with Crippen LogP contribution in [0.5, 0.6) is 0 Å². The smallest absolute Gasteiger partial charge is 0.168 e. The number of carbonyl (C=O) groups is 1. The van der Waals surface area contributed by atoms with Crippen LogP contribution in [-0.2, 0) is 0 Å². The first kappa shape index (κ1) is 4.90. The van der Waals surface area contributed by atoms with E-state index < -0.39 is 0 Å². The van der Waals surface area contributed by atoms with Crippen LogP contribution in [0.4, 0.5) is 5.69 Å². The van der Waals surface area contributed by atoms with Crippen LogP contribution in [0, 0.1) is 0 Å². The molecule has 0 aromatic carbocycles. The first-order chi connectivity index (χ1) is 3.84. The summed E-state index contributed by atoms with van der Waals surface area (Å²) in [7, 11) is 0. The molecule has 0 fully saturated rings. The topological polar surface area (TPSA) is 58.9 Å². The Bertz CT molecular complexity index is 192. The number of H-pyrrole nitrogens is 1. The Labute approximate surface area is 46.5 Å². The van der Waals surface area contributed by atoms with Crippen molar-refractivity contribution in [1.29, 1.82) is 0 Å². The highest BCUT2D eigenvalue weighted by molar-refractivity contribution is 5.80. The second kappa shape index (κ2) is 1.69. The number of nitrogens with one attached hydrogen (secondary N) is 1. The zero-order valence-corrected chi connectivity index (χ0v) is 4.22. The maximum Gasteiger partial charge on any atom is 0.168 e. The molecular weight excluding hydrogens is 104 g/mol. The van der Waals surface area contributed by atoms with Crippen LogP contribution in [0.25, 0.3) is 0 Å². The molecule has 0 atom stereocenters. The van der Waals surface area contributed by atoms with E-state index >= 15 is 0 Å². The van der Waals surface area contributed by atoms with Crippen LogP contribution in [0.1, 0.15) is 10.5 Å². The molecule has 0 saturated carbocycles. The molecule has 1 aromatic rings. The van der Waals surface area contributed by atoms with Gasteiger partial charge in [0.25, 0.3) is 0 Å². The van der Waals surface area contributed by atoms with Crippen LogP contribution in [-0.4, -0.2) is 11.3 Å². The number of aromatic amines is 1. The molecular formula is C5H6N2O. The maximum absolute atomic E-state index is 9.98. The van der Waals surface area contributed by atoms with Crippen LogP contribution in [0.3, 0.4) is 0 Å². The molecule has 1 aromatic heterocycles. The molecule has 0 aliphatic heterocycles. The normalized spacial score (nSPS) is 9.00. The number of hydrogen-bond acceptors (Lipinski definition) is 2. The molecule has 0 aliphatic rings. The largest absolute Gasteiger partial charge is 0.397 e. The van der Waals surface area contributed by atoms with E-state index in [4.69, 9.17) is 5.73 Å². The van der Waals surface area contributed by atoms with Gasteiger partial charge >= 0.3 is 0 Å². The van der Waals surface area contributed by atoms with Crippen LogP contribution < -0.4 is 5.73 Å². The van der Waals surface area contributed by atoms with Crippen LogP contribution >= 0.6 is 0 Å². The number of rotatable bonds is 1. The van der Waals surface area contributed by atoms with Gasteiger partial charge in [-0.15, -0.1) is 0 Å². The van der Waals surface area contributed by atoms with E-state index in [9.17, 15) is 4.79 Å². The lowest BCUT2D eigenvalue weighted by atomic mass is 10.4. The second-order valence-electron chi connectivity index (χ2n) is 1.46. The molecule has 42 valence electrons. The minimum absolute atomic E-state index is 0.449. The molecule has 0 bridgehead atoms. The van der Waals surface area contributed by atoms with Crippen molar-refractivity contribution in [3.63, 3.8) is 0 Å². The van der Waals surface area contributed by atoms with Crippen molar-refractivity contribution in [3.8, 4) is 0 Å². The van der Waals surface area contributed by atoms with Gasteiger partial charge in [0.2, 0.25) is 0 Å². The molecule has 3 nitrogen and oxygen atoms in total. The van der Waals surface area contributed by atoms with E-state index in [1.165, 1.54) is 0 Å². The average molecular weight is 110 g/mol. The first-order valence-electron chi connectivity index (χ1n) is 2.22. The van der Waals surface area contributed by atoms with Gasteiger partial charge in [0.05, 0.1) is 5.69 Å². The van der Waals surface area contributed by atoms with Crippen LogP contribution in [0.15, 0.2) is 12.3 Å². The molecule has 0 aliphatic carbocycles. The van der Waals surface area contributed by atoms with Crippen molar-refractivity contribution >= 4 is 12.0 Å². The van der Waals surface area contributed by atoms with Gasteiger partial charge in [-0.3, -0.25) is 4.79 Å². The fourth-order valence-electron chi connectivity index (χ4n) is 0.496. The summed E-state index contributed by atoms with van der Waals surface area (Å²) in [6.07, 6.45) is 2.31. The van der Waals surface area contributed by atoms with Gasteiger partial charge in [-0.1, -0.05) is 0 Å². The summed E-state index contributed by atoms with van der Waals surface area (Å²) in [5, 5.41) is 0. The van der Waals surface area contributed by atoms with Crippen molar-refractivity contribution < 1.29 is 4.79 Å². The van der Waals surface area contributed by atoms with Gasteiger partial charge in [0.15, 0.2) is 6.29 Å². The Balaban J connectivity index is 3.09. The van der Waals surface area contributed by atoms with E-state index in [2.05, 4.69) is 4.98 Å². The van der Waals surface area contributed by atoms with Gasteiger partial charge in [-0.2, -0.15) is 0 Å². The van der Waals surface area contributed by atoms with Gasteiger partial charge in [-0.25, -0.2) is 0 Å². The Kier molecular flexibility index (Phi) is 1.04. The highest BCUT2D eigenvalue weighted by Gasteiger charge is 1.92. The van der Waals surface area contributed by atoms with E-state index in [1.807, 2.05) is 0 Å². The zero-order valence-electron chi connectivity index (χ0n) is 4.22. The minimum atomic E-state index is 0.449. The molecule has 0 amide bonds. The Hall–Kier alpha value is -1.25. The van der Waals surface area contributed by atoms with E-state index in [0.29, 0.717) is 17.7 Å². The fraction of sp³-hybridized carbons (Fsp3) is 0. The third kappa shape index (κ3) is 0.578. The van der Waals surface area contributed by atoms with E-state index in [1.54, 1.807) is 12.3 Å². The monoisotopic (exact) mass is 110 g/mol. The standard InChI is InChI=1S/C5H6N2O/c6-4-1-2-7-5(4)3-8/h1-3,7H,6H2. The number of anilines is 1. The fourth-order valence-corrected chi connectivity index (χ4v) is 0.496. The lowest BCUT2D eigenvalue weighted by molar-refractivity contribution is 0.112. The molecule has 0 unspecified atom stereocenters. The summed E-state index contributed by atoms with van der Waals surface area (Å²) < 4.78 is 0. The van der Waals surface area contributed by atoms with Gasteiger partial charge in [0, 0.05) is 6.20 Å². The molecule has 0 spiro atoms.